The molecule has 0 atom stereocenters. The molecule has 0 aliphatic carbocycles. The quantitative estimate of drug-likeness (QED) is 0.675. The molecule has 0 unspecified atom stereocenters. The minimum absolute atomic E-state index is 0.357. The molecule has 0 radical (unpaired) electrons. The zero-order valence-corrected chi connectivity index (χ0v) is 10.9. The number of para-hydroxylation sites is 1. The van der Waals surface area contributed by atoms with E-state index >= 15 is 0 Å². The van der Waals surface area contributed by atoms with E-state index < -0.39 is 0 Å². The second-order valence-corrected chi connectivity index (χ2v) is 4.41. The predicted octanol–water partition coefficient (Wildman–Crippen LogP) is 2.98. The van der Waals surface area contributed by atoms with Crippen LogP contribution in [-0.4, -0.2) is 12.6 Å². The second kappa shape index (κ2) is 6.05. The fourth-order valence-electron chi connectivity index (χ4n) is 1.84. The van der Waals surface area contributed by atoms with Gasteiger partial charge in [-0.3, -0.25) is 0 Å². The fraction of sp³-hybridized carbons (Fsp3) is 0.188. The normalized spacial score (nSPS) is 10.2. The molecule has 2 N–H and O–H groups in total. The lowest BCUT2D eigenvalue weighted by molar-refractivity contribution is 0.0510. The maximum absolute atomic E-state index is 11.9. The fourth-order valence-corrected chi connectivity index (χ4v) is 1.84. The predicted molar refractivity (Wildman–Crippen MR) is 76.0 cm³/mol. The van der Waals surface area contributed by atoms with Crippen LogP contribution in [0.1, 0.15) is 21.5 Å². The van der Waals surface area contributed by atoms with E-state index in [0.717, 1.165) is 11.1 Å². The Morgan fingerprint density at radius 2 is 1.84 bits per heavy atom. The van der Waals surface area contributed by atoms with Gasteiger partial charge in [-0.2, -0.15) is 0 Å². The number of nitrogens with two attached hydrogens (primary N) is 1. The van der Waals surface area contributed by atoms with E-state index in [1.807, 2.05) is 43.3 Å². The summed E-state index contributed by atoms with van der Waals surface area (Å²) >= 11 is 0. The van der Waals surface area contributed by atoms with E-state index in [9.17, 15) is 4.79 Å². The van der Waals surface area contributed by atoms with Gasteiger partial charge in [0.15, 0.2) is 0 Å². The van der Waals surface area contributed by atoms with Gasteiger partial charge in [-0.1, -0.05) is 42.5 Å². The van der Waals surface area contributed by atoms with Crippen molar-refractivity contribution < 1.29 is 9.53 Å². The molecule has 3 heteroatoms. The summed E-state index contributed by atoms with van der Waals surface area (Å²) < 4.78 is 5.25. The summed E-state index contributed by atoms with van der Waals surface area (Å²) in [6.45, 7) is 2.23. The van der Waals surface area contributed by atoms with E-state index in [4.69, 9.17) is 10.5 Å². The minimum atomic E-state index is -0.364. The molecule has 0 spiro atoms. The zero-order chi connectivity index (χ0) is 13.7. The number of hydrogen-bond acceptors (Lipinski definition) is 3. The Morgan fingerprint density at radius 3 is 2.58 bits per heavy atom. The lowest BCUT2D eigenvalue weighted by Crippen LogP contribution is -2.11. The van der Waals surface area contributed by atoms with Gasteiger partial charge in [0.2, 0.25) is 0 Å². The van der Waals surface area contributed by atoms with E-state index in [1.165, 1.54) is 0 Å². The largest absolute Gasteiger partial charge is 0.462 e. The molecule has 0 aliphatic rings. The smallest absolute Gasteiger partial charge is 0.340 e. The second-order valence-electron chi connectivity index (χ2n) is 4.41. The van der Waals surface area contributed by atoms with Crippen molar-refractivity contribution in [3.63, 3.8) is 0 Å². The maximum Gasteiger partial charge on any atom is 0.340 e. The third kappa shape index (κ3) is 3.35. The molecule has 0 heterocycles. The first-order valence-corrected chi connectivity index (χ1v) is 6.24. The molecular weight excluding hydrogens is 238 g/mol. The molecule has 0 saturated heterocycles. The molecule has 0 aliphatic heterocycles. The maximum atomic E-state index is 11.9. The molecule has 2 rings (SSSR count). The summed E-state index contributed by atoms with van der Waals surface area (Å²) in [7, 11) is 0. The number of carbonyl (C=O) groups is 1. The highest BCUT2D eigenvalue weighted by Gasteiger charge is 2.11. The molecule has 0 aromatic heterocycles. The van der Waals surface area contributed by atoms with Gasteiger partial charge < -0.3 is 10.5 Å². The summed E-state index contributed by atoms with van der Waals surface area (Å²) in [4.78, 5) is 11.9. The first-order valence-electron chi connectivity index (χ1n) is 6.24. The molecule has 0 fully saturated rings. The third-order valence-electron chi connectivity index (χ3n) is 3.01. The van der Waals surface area contributed by atoms with Gasteiger partial charge in [0.05, 0.1) is 12.2 Å². The molecule has 2 aromatic carbocycles. The first-order chi connectivity index (χ1) is 9.18. The highest BCUT2D eigenvalue weighted by atomic mass is 16.5. The standard InChI is InChI=1S/C16H17NO2/c1-12-6-5-9-14(15(12)17)16(18)19-11-10-13-7-3-2-4-8-13/h2-9H,10-11,17H2,1H3. The van der Waals surface area contributed by atoms with Gasteiger partial charge in [0.1, 0.15) is 0 Å². The Labute approximate surface area is 113 Å². The summed E-state index contributed by atoms with van der Waals surface area (Å²) in [5.74, 6) is -0.364. The Balaban J connectivity index is 1.93. The van der Waals surface area contributed by atoms with Crippen LogP contribution in [0.5, 0.6) is 0 Å². The minimum Gasteiger partial charge on any atom is -0.462 e. The number of nitrogen functional groups attached to an aromatic ring is 1. The number of ether oxygens (including phenoxy) is 1. The SMILES string of the molecule is Cc1cccc(C(=O)OCCc2ccccc2)c1N. The summed E-state index contributed by atoms with van der Waals surface area (Å²) in [5, 5.41) is 0. The van der Waals surface area contributed by atoms with E-state index in [-0.39, 0.29) is 5.97 Å². The van der Waals surface area contributed by atoms with Crippen molar-refractivity contribution in [2.75, 3.05) is 12.3 Å². The molecule has 2 aromatic rings. The van der Waals surface area contributed by atoms with Crippen molar-refractivity contribution in [3.05, 3.63) is 65.2 Å². The van der Waals surface area contributed by atoms with Crippen molar-refractivity contribution >= 4 is 11.7 Å². The van der Waals surface area contributed by atoms with Gasteiger partial charge in [-0.25, -0.2) is 4.79 Å². The van der Waals surface area contributed by atoms with Crippen LogP contribution in [0.25, 0.3) is 0 Å². The van der Waals surface area contributed by atoms with Crippen molar-refractivity contribution in [3.8, 4) is 0 Å². The molecular formula is C16H17NO2. The van der Waals surface area contributed by atoms with Crippen molar-refractivity contribution in [2.24, 2.45) is 0 Å². The van der Waals surface area contributed by atoms with E-state index in [0.29, 0.717) is 24.3 Å². The molecule has 3 nitrogen and oxygen atoms in total. The Hall–Kier alpha value is -2.29. The van der Waals surface area contributed by atoms with Gasteiger partial charge in [-0.05, 0) is 24.1 Å². The average Bonchev–Trinajstić information content (AvgIpc) is 2.43. The number of carbonyl (C=O) groups excluding carboxylic acids is 1. The third-order valence-corrected chi connectivity index (χ3v) is 3.01. The van der Waals surface area contributed by atoms with Crippen molar-refractivity contribution in [1.29, 1.82) is 0 Å². The molecule has 0 saturated carbocycles. The van der Waals surface area contributed by atoms with E-state index in [1.54, 1.807) is 12.1 Å². The zero-order valence-electron chi connectivity index (χ0n) is 10.9. The molecule has 0 bridgehead atoms. The summed E-state index contributed by atoms with van der Waals surface area (Å²) in [5.41, 5.74) is 8.83. The van der Waals surface area contributed by atoms with Crippen LogP contribution in [0.3, 0.4) is 0 Å². The number of rotatable bonds is 4. The first kappa shape index (κ1) is 13.1. The van der Waals surface area contributed by atoms with Crippen LogP contribution in [0.4, 0.5) is 5.69 Å². The van der Waals surface area contributed by atoms with Crippen LogP contribution < -0.4 is 5.73 Å². The number of aryl methyl sites for hydroxylation is 1. The lowest BCUT2D eigenvalue weighted by atomic mass is 10.1. The Kier molecular flexibility index (Phi) is 4.18. The van der Waals surface area contributed by atoms with Crippen LogP contribution >= 0.6 is 0 Å². The lowest BCUT2D eigenvalue weighted by Gasteiger charge is -2.08. The van der Waals surface area contributed by atoms with E-state index in [2.05, 4.69) is 0 Å². The van der Waals surface area contributed by atoms with Gasteiger partial charge in [0.25, 0.3) is 0 Å². The average molecular weight is 255 g/mol. The Morgan fingerprint density at radius 1 is 1.11 bits per heavy atom. The molecule has 19 heavy (non-hydrogen) atoms. The van der Waals surface area contributed by atoms with Crippen LogP contribution in [-0.2, 0) is 11.2 Å². The number of esters is 1. The summed E-state index contributed by atoms with van der Waals surface area (Å²) in [6.07, 6.45) is 0.707. The number of anilines is 1. The number of hydrogen-bond donors (Lipinski definition) is 1. The molecule has 98 valence electrons. The van der Waals surface area contributed by atoms with Crippen LogP contribution in [0.2, 0.25) is 0 Å². The monoisotopic (exact) mass is 255 g/mol. The van der Waals surface area contributed by atoms with Gasteiger partial charge in [-0.15, -0.1) is 0 Å². The highest BCUT2D eigenvalue weighted by molar-refractivity contribution is 5.95. The van der Waals surface area contributed by atoms with Gasteiger partial charge >= 0.3 is 5.97 Å². The molecule has 0 amide bonds. The van der Waals surface area contributed by atoms with Crippen LogP contribution in [0, 0.1) is 6.92 Å². The summed E-state index contributed by atoms with van der Waals surface area (Å²) in [6, 6.07) is 15.3. The van der Waals surface area contributed by atoms with Crippen molar-refractivity contribution in [2.45, 2.75) is 13.3 Å². The highest BCUT2D eigenvalue weighted by Crippen LogP contribution is 2.17. The van der Waals surface area contributed by atoms with Gasteiger partial charge in [0, 0.05) is 12.1 Å². The topological polar surface area (TPSA) is 52.3 Å². The van der Waals surface area contributed by atoms with Crippen molar-refractivity contribution in [1.82, 2.24) is 0 Å². The number of benzene rings is 2. The Bertz CT molecular complexity index is 564. The van der Waals surface area contributed by atoms with Crippen LogP contribution in [0.15, 0.2) is 48.5 Å².